The first-order chi connectivity index (χ1) is 6.41. The van der Waals surface area contributed by atoms with Gasteiger partial charge in [-0.1, -0.05) is 6.92 Å². The van der Waals surface area contributed by atoms with Crippen LogP contribution in [0.4, 0.5) is 0 Å². The molecule has 0 aliphatic carbocycles. The summed E-state index contributed by atoms with van der Waals surface area (Å²) in [7, 11) is -3.50. The fourth-order valence-electron chi connectivity index (χ4n) is 1.34. The molecule has 14 heavy (non-hydrogen) atoms. The molecule has 4 nitrogen and oxygen atoms in total. The summed E-state index contributed by atoms with van der Waals surface area (Å²) in [4.78, 5) is 0. The van der Waals surface area contributed by atoms with E-state index in [4.69, 9.17) is 0 Å². The number of hydrogen-bond donors (Lipinski definition) is 1. The normalized spacial score (nSPS) is 25.3. The van der Waals surface area contributed by atoms with Crippen molar-refractivity contribution in [2.24, 2.45) is 0 Å². The molecular formula is C8H17NO3S2. The third kappa shape index (κ3) is 3.67. The fourth-order valence-corrected chi connectivity index (χ4v) is 3.15. The maximum atomic E-state index is 11.0. The van der Waals surface area contributed by atoms with Gasteiger partial charge in [0, 0.05) is 28.3 Å². The molecular weight excluding hydrogens is 222 g/mol. The predicted octanol–water partition coefficient (Wildman–Crippen LogP) is -0.470. The first-order valence-electron chi connectivity index (χ1n) is 4.67. The van der Waals surface area contributed by atoms with Gasteiger partial charge in [-0.05, 0) is 13.0 Å². The molecule has 2 atom stereocenters. The van der Waals surface area contributed by atoms with Crippen molar-refractivity contribution in [1.29, 1.82) is 0 Å². The lowest BCUT2D eigenvalue weighted by molar-refractivity contribution is 0.505. The van der Waals surface area contributed by atoms with E-state index in [1.807, 2.05) is 6.92 Å². The number of rotatable bonds is 5. The smallest absolute Gasteiger partial charge is 0.153 e. The molecule has 1 aliphatic heterocycles. The minimum Gasteiger partial charge on any atom is -0.312 e. The van der Waals surface area contributed by atoms with Crippen molar-refractivity contribution >= 4 is 20.6 Å². The van der Waals surface area contributed by atoms with Crippen LogP contribution < -0.4 is 5.32 Å². The Hall–Kier alpha value is 0.0600. The Labute approximate surface area is 87.8 Å². The van der Waals surface area contributed by atoms with Gasteiger partial charge in [0.2, 0.25) is 0 Å². The van der Waals surface area contributed by atoms with Gasteiger partial charge < -0.3 is 5.32 Å². The van der Waals surface area contributed by atoms with Crippen LogP contribution in [0.15, 0.2) is 0 Å². The van der Waals surface area contributed by atoms with Crippen molar-refractivity contribution in [3.05, 3.63) is 0 Å². The second-order valence-electron chi connectivity index (χ2n) is 3.83. The molecule has 0 amide bonds. The van der Waals surface area contributed by atoms with E-state index >= 15 is 0 Å². The Kier molecular flexibility index (Phi) is 4.09. The third-order valence-corrected chi connectivity index (χ3v) is 5.65. The predicted molar refractivity (Wildman–Crippen MR) is 58.6 cm³/mol. The average molecular weight is 239 g/mol. The van der Waals surface area contributed by atoms with E-state index < -0.39 is 20.6 Å². The SMILES string of the molecule is CC(CCNC1CS(=O)(=O)C1)S(C)=O. The van der Waals surface area contributed by atoms with Gasteiger partial charge in [0.25, 0.3) is 0 Å². The summed E-state index contributed by atoms with van der Waals surface area (Å²) in [6.45, 7) is 2.69. The van der Waals surface area contributed by atoms with Crippen LogP contribution in [0, 0.1) is 0 Å². The molecule has 0 aromatic carbocycles. The van der Waals surface area contributed by atoms with Gasteiger partial charge in [-0.3, -0.25) is 4.21 Å². The minimum absolute atomic E-state index is 0.123. The van der Waals surface area contributed by atoms with Gasteiger partial charge in [0.15, 0.2) is 9.84 Å². The van der Waals surface area contributed by atoms with Crippen LogP contribution in [0.5, 0.6) is 0 Å². The highest BCUT2D eigenvalue weighted by atomic mass is 32.2. The summed E-state index contributed by atoms with van der Waals surface area (Å²) in [6, 6.07) is 0.123. The lowest BCUT2D eigenvalue weighted by Crippen LogP contribution is -2.51. The van der Waals surface area contributed by atoms with Gasteiger partial charge in [-0.2, -0.15) is 0 Å². The van der Waals surface area contributed by atoms with Gasteiger partial charge in [0.05, 0.1) is 11.5 Å². The second-order valence-corrected chi connectivity index (χ2v) is 7.78. The summed E-state index contributed by atoms with van der Waals surface area (Å²) in [5.41, 5.74) is 0. The maximum Gasteiger partial charge on any atom is 0.153 e. The minimum atomic E-state index is -2.72. The molecule has 1 rings (SSSR count). The largest absolute Gasteiger partial charge is 0.312 e. The van der Waals surface area contributed by atoms with E-state index in [2.05, 4.69) is 5.32 Å². The molecule has 1 N–H and O–H groups in total. The molecule has 0 aromatic heterocycles. The first kappa shape index (κ1) is 12.1. The Morgan fingerprint density at radius 2 is 2.07 bits per heavy atom. The summed E-state index contributed by atoms with van der Waals surface area (Å²) in [6.07, 6.45) is 2.53. The van der Waals surface area contributed by atoms with Crippen LogP contribution in [0.1, 0.15) is 13.3 Å². The molecule has 1 saturated heterocycles. The zero-order valence-corrected chi connectivity index (χ0v) is 10.2. The monoisotopic (exact) mass is 239 g/mol. The Bertz CT molecular complexity index is 301. The van der Waals surface area contributed by atoms with Crippen molar-refractivity contribution in [2.75, 3.05) is 24.3 Å². The first-order valence-corrected chi connectivity index (χ1v) is 8.11. The van der Waals surface area contributed by atoms with Crippen LogP contribution in [0.3, 0.4) is 0 Å². The van der Waals surface area contributed by atoms with E-state index in [1.54, 1.807) is 6.26 Å². The maximum absolute atomic E-state index is 11.0. The number of hydrogen-bond acceptors (Lipinski definition) is 4. The summed E-state index contributed by atoms with van der Waals surface area (Å²) >= 11 is 0. The highest BCUT2D eigenvalue weighted by molar-refractivity contribution is 7.92. The zero-order chi connectivity index (χ0) is 10.8. The number of sulfone groups is 1. The molecule has 0 spiro atoms. The molecule has 0 radical (unpaired) electrons. The highest BCUT2D eigenvalue weighted by Gasteiger charge is 2.32. The summed E-state index contributed by atoms with van der Waals surface area (Å²) in [5, 5.41) is 3.33. The van der Waals surface area contributed by atoms with Crippen LogP contribution >= 0.6 is 0 Å². The lowest BCUT2D eigenvalue weighted by atomic mass is 10.3. The van der Waals surface area contributed by atoms with Crippen LogP contribution in [0.2, 0.25) is 0 Å². The fraction of sp³-hybridized carbons (Fsp3) is 1.00. The van der Waals surface area contributed by atoms with E-state index in [1.165, 1.54) is 0 Å². The molecule has 0 saturated carbocycles. The Morgan fingerprint density at radius 3 is 2.50 bits per heavy atom. The Morgan fingerprint density at radius 1 is 1.50 bits per heavy atom. The van der Waals surface area contributed by atoms with Gasteiger partial charge in [0.1, 0.15) is 0 Å². The van der Waals surface area contributed by atoms with Crippen LogP contribution in [-0.2, 0) is 20.6 Å². The second kappa shape index (κ2) is 4.72. The lowest BCUT2D eigenvalue weighted by Gasteiger charge is -2.27. The van der Waals surface area contributed by atoms with Crippen molar-refractivity contribution in [3.8, 4) is 0 Å². The topological polar surface area (TPSA) is 63.2 Å². The molecule has 0 aromatic rings. The number of nitrogens with one attached hydrogen (secondary N) is 1. The average Bonchev–Trinajstić information content (AvgIpc) is 2.00. The van der Waals surface area contributed by atoms with Crippen molar-refractivity contribution < 1.29 is 12.6 Å². The summed E-state index contributed by atoms with van der Waals surface area (Å²) < 4.78 is 32.6. The quantitative estimate of drug-likeness (QED) is 0.704. The molecule has 1 aliphatic rings. The van der Waals surface area contributed by atoms with E-state index in [0.29, 0.717) is 0 Å². The highest BCUT2D eigenvalue weighted by Crippen LogP contribution is 2.10. The van der Waals surface area contributed by atoms with Gasteiger partial charge in [-0.25, -0.2) is 8.42 Å². The van der Waals surface area contributed by atoms with Crippen molar-refractivity contribution in [1.82, 2.24) is 5.32 Å². The Balaban J connectivity index is 2.09. The van der Waals surface area contributed by atoms with Crippen molar-refractivity contribution in [2.45, 2.75) is 24.6 Å². The standard InChI is InChI=1S/C8H17NO3S2/c1-7(13(2)10)3-4-9-8-5-14(11,12)6-8/h7-9H,3-6H2,1-2H3. The molecule has 84 valence electrons. The van der Waals surface area contributed by atoms with Crippen LogP contribution in [-0.4, -0.2) is 48.2 Å². The summed E-state index contributed by atoms with van der Waals surface area (Å²) in [5.74, 6) is 0.521. The van der Waals surface area contributed by atoms with Crippen molar-refractivity contribution in [3.63, 3.8) is 0 Å². The molecule has 6 heteroatoms. The zero-order valence-electron chi connectivity index (χ0n) is 8.52. The third-order valence-electron chi connectivity index (χ3n) is 2.46. The molecule has 2 unspecified atom stereocenters. The van der Waals surface area contributed by atoms with E-state index in [-0.39, 0.29) is 22.8 Å². The molecule has 0 bridgehead atoms. The van der Waals surface area contributed by atoms with E-state index in [9.17, 15) is 12.6 Å². The van der Waals surface area contributed by atoms with E-state index in [0.717, 1.165) is 13.0 Å². The molecule has 1 fully saturated rings. The van der Waals surface area contributed by atoms with Crippen LogP contribution in [0.25, 0.3) is 0 Å². The van der Waals surface area contributed by atoms with Gasteiger partial charge in [-0.15, -0.1) is 0 Å². The molecule has 1 heterocycles. The van der Waals surface area contributed by atoms with Gasteiger partial charge >= 0.3 is 0 Å².